The van der Waals surface area contributed by atoms with Gasteiger partial charge in [-0.2, -0.15) is 4.31 Å². The molecule has 150 valence electrons. The number of hydrogen-bond donors (Lipinski definition) is 0. The Morgan fingerprint density at radius 2 is 1.68 bits per heavy atom. The molecule has 0 unspecified atom stereocenters. The van der Waals surface area contributed by atoms with Gasteiger partial charge >= 0.3 is 0 Å². The number of hydrogen-bond acceptors (Lipinski definition) is 4. The molecule has 0 saturated carbocycles. The molecule has 0 N–H and O–H groups in total. The van der Waals surface area contributed by atoms with Gasteiger partial charge in [0, 0.05) is 43.9 Å². The number of piperazine rings is 1. The van der Waals surface area contributed by atoms with Crippen LogP contribution in [-0.4, -0.2) is 63.3 Å². The van der Waals surface area contributed by atoms with Crippen molar-refractivity contribution in [1.82, 2.24) is 9.21 Å². The molecule has 0 spiro atoms. The summed E-state index contributed by atoms with van der Waals surface area (Å²) in [6.45, 7) is 1.73. The van der Waals surface area contributed by atoms with Crippen molar-refractivity contribution in [1.29, 1.82) is 0 Å². The molecular formula is C19H21Cl2N3O3S. The van der Waals surface area contributed by atoms with E-state index < -0.39 is 10.0 Å². The molecule has 3 rings (SSSR count). The number of likely N-dealkylation sites (N-methyl/N-ethyl adjacent to an activating group) is 1. The Bertz CT molecular complexity index is 946. The van der Waals surface area contributed by atoms with E-state index in [1.165, 1.54) is 16.4 Å². The number of amides is 1. The normalized spacial score (nSPS) is 16.1. The van der Waals surface area contributed by atoms with E-state index in [2.05, 4.69) is 0 Å². The Balaban J connectivity index is 1.61. The van der Waals surface area contributed by atoms with Crippen molar-refractivity contribution in [2.75, 3.05) is 44.7 Å². The summed E-state index contributed by atoms with van der Waals surface area (Å²) in [4.78, 5) is 16.1. The van der Waals surface area contributed by atoms with Gasteiger partial charge < -0.3 is 4.90 Å². The van der Waals surface area contributed by atoms with Crippen LogP contribution in [0.4, 0.5) is 5.69 Å². The van der Waals surface area contributed by atoms with Crippen molar-refractivity contribution in [2.24, 2.45) is 0 Å². The maximum absolute atomic E-state index is 12.9. The molecule has 1 aliphatic rings. The van der Waals surface area contributed by atoms with E-state index in [4.69, 9.17) is 23.2 Å². The quantitative estimate of drug-likeness (QED) is 0.715. The molecule has 9 heteroatoms. The first kappa shape index (κ1) is 21.1. The van der Waals surface area contributed by atoms with Crippen molar-refractivity contribution < 1.29 is 13.2 Å². The van der Waals surface area contributed by atoms with Gasteiger partial charge in [0.15, 0.2) is 0 Å². The number of halogens is 2. The molecule has 0 bridgehead atoms. The van der Waals surface area contributed by atoms with Crippen molar-refractivity contribution >= 4 is 44.8 Å². The fraction of sp³-hybridized carbons (Fsp3) is 0.316. The topological polar surface area (TPSA) is 60.9 Å². The molecule has 1 saturated heterocycles. The highest BCUT2D eigenvalue weighted by molar-refractivity contribution is 7.89. The lowest BCUT2D eigenvalue weighted by Crippen LogP contribution is -2.51. The summed E-state index contributed by atoms with van der Waals surface area (Å²) in [5, 5.41) is 0.461. The molecule has 1 heterocycles. The van der Waals surface area contributed by atoms with Crippen LogP contribution < -0.4 is 4.90 Å². The highest BCUT2D eigenvalue weighted by atomic mass is 35.5. The van der Waals surface area contributed by atoms with Gasteiger partial charge in [0.2, 0.25) is 15.9 Å². The number of para-hydroxylation sites is 1. The highest BCUT2D eigenvalue weighted by Crippen LogP contribution is 2.28. The van der Waals surface area contributed by atoms with Crippen molar-refractivity contribution in [3.05, 3.63) is 58.6 Å². The number of sulfonamides is 1. The first-order valence-corrected chi connectivity index (χ1v) is 11.0. The van der Waals surface area contributed by atoms with E-state index in [-0.39, 0.29) is 35.5 Å². The number of anilines is 1. The van der Waals surface area contributed by atoms with Gasteiger partial charge in [0.25, 0.3) is 0 Å². The van der Waals surface area contributed by atoms with Crippen molar-refractivity contribution in [3.8, 4) is 0 Å². The summed E-state index contributed by atoms with van der Waals surface area (Å²) in [5.74, 6) is -0.0413. The third-order valence-corrected chi connectivity index (χ3v) is 7.33. The van der Waals surface area contributed by atoms with E-state index in [0.717, 1.165) is 5.69 Å². The second kappa shape index (κ2) is 8.80. The minimum atomic E-state index is -3.73. The van der Waals surface area contributed by atoms with E-state index >= 15 is 0 Å². The third-order valence-electron chi connectivity index (χ3n) is 4.72. The molecule has 1 amide bonds. The number of nitrogens with zero attached hydrogens (tertiary/aromatic N) is 3. The Morgan fingerprint density at radius 3 is 2.32 bits per heavy atom. The third kappa shape index (κ3) is 4.67. The summed E-state index contributed by atoms with van der Waals surface area (Å²) in [7, 11) is -2.00. The van der Waals surface area contributed by atoms with E-state index in [9.17, 15) is 13.2 Å². The molecule has 0 aromatic heterocycles. The van der Waals surface area contributed by atoms with Gasteiger partial charge in [-0.15, -0.1) is 0 Å². The lowest BCUT2D eigenvalue weighted by atomic mass is 10.3. The largest absolute Gasteiger partial charge is 0.314 e. The standard InChI is InChI=1S/C19H21Cl2N3O3S/c1-22(16-5-3-2-4-6-16)19(25)14-23-9-11-24(12-10-23)28(26,27)18-13-15(20)7-8-17(18)21/h2-8,13H,9-12,14H2,1H3. The zero-order chi connectivity index (χ0) is 20.3. The maximum atomic E-state index is 12.9. The van der Waals surface area contributed by atoms with Gasteiger partial charge in [0.1, 0.15) is 4.90 Å². The van der Waals surface area contributed by atoms with Crippen LogP contribution in [0.25, 0.3) is 0 Å². The van der Waals surface area contributed by atoms with Crippen LogP contribution in [0.1, 0.15) is 0 Å². The second-order valence-electron chi connectivity index (χ2n) is 6.54. The lowest BCUT2D eigenvalue weighted by Gasteiger charge is -2.34. The van der Waals surface area contributed by atoms with Crippen LogP contribution in [0.3, 0.4) is 0 Å². The zero-order valence-corrected chi connectivity index (χ0v) is 17.7. The van der Waals surface area contributed by atoms with E-state index in [1.54, 1.807) is 18.0 Å². The summed E-state index contributed by atoms with van der Waals surface area (Å²) in [5.41, 5.74) is 0.823. The number of rotatable bonds is 5. The van der Waals surface area contributed by atoms with Gasteiger partial charge in [-0.05, 0) is 30.3 Å². The summed E-state index contributed by atoms with van der Waals surface area (Å²) >= 11 is 12.0. The number of carbonyl (C=O) groups excluding carboxylic acids is 1. The predicted octanol–water partition coefficient (Wildman–Crippen LogP) is 2.96. The fourth-order valence-corrected chi connectivity index (χ4v) is 5.19. The van der Waals surface area contributed by atoms with Crippen molar-refractivity contribution in [3.63, 3.8) is 0 Å². The molecule has 1 aliphatic heterocycles. The molecule has 0 aliphatic carbocycles. The summed E-state index contributed by atoms with van der Waals surface area (Å²) in [6, 6.07) is 13.8. The smallest absolute Gasteiger partial charge is 0.244 e. The van der Waals surface area contributed by atoms with E-state index in [0.29, 0.717) is 18.1 Å². The number of carbonyl (C=O) groups is 1. The van der Waals surface area contributed by atoms with Crippen LogP contribution in [-0.2, 0) is 14.8 Å². The van der Waals surface area contributed by atoms with Crippen LogP contribution in [0.2, 0.25) is 10.0 Å². The predicted molar refractivity (Wildman–Crippen MR) is 112 cm³/mol. The summed E-state index contributed by atoms with van der Waals surface area (Å²) in [6.07, 6.45) is 0. The number of benzene rings is 2. The monoisotopic (exact) mass is 441 g/mol. The van der Waals surface area contributed by atoms with Crippen LogP contribution in [0.15, 0.2) is 53.4 Å². The minimum Gasteiger partial charge on any atom is -0.314 e. The lowest BCUT2D eigenvalue weighted by molar-refractivity contribution is -0.119. The molecule has 2 aromatic rings. The highest BCUT2D eigenvalue weighted by Gasteiger charge is 2.31. The molecule has 2 aromatic carbocycles. The SMILES string of the molecule is CN(C(=O)CN1CCN(S(=O)(=O)c2cc(Cl)ccc2Cl)CC1)c1ccccc1. The molecule has 0 radical (unpaired) electrons. The molecule has 28 heavy (non-hydrogen) atoms. The average molecular weight is 442 g/mol. The average Bonchev–Trinajstić information content (AvgIpc) is 2.70. The van der Waals surface area contributed by atoms with Crippen molar-refractivity contribution in [2.45, 2.75) is 4.90 Å². The first-order valence-electron chi connectivity index (χ1n) is 8.78. The molecular weight excluding hydrogens is 421 g/mol. The zero-order valence-electron chi connectivity index (χ0n) is 15.4. The van der Waals surface area contributed by atoms with E-state index in [1.807, 2.05) is 35.2 Å². The Kier molecular flexibility index (Phi) is 6.62. The molecule has 6 nitrogen and oxygen atoms in total. The Morgan fingerprint density at radius 1 is 1.04 bits per heavy atom. The Labute approximate surface area is 175 Å². The van der Waals surface area contributed by atoms with Gasteiger partial charge in [-0.1, -0.05) is 41.4 Å². The van der Waals surface area contributed by atoms with Gasteiger partial charge in [-0.3, -0.25) is 9.69 Å². The first-order chi connectivity index (χ1) is 13.3. The van der Waals surface area contributed by atoms with Gasteiger partial charge in [0.05, 0.1) is 11.6 Å². The second-order valence-corrected chi connectivity index (χ2v) is 9.29. The molecule has 1 fully saturated rings. The van der Waals surface area contributed by atoms with Gasteiger partial charge in [-0.25, -0.2) is 8.42 Å². The Hall–Kier alpha value is -1.64. The van der Waals surface area contributed by atoms with Crippen LogP contribution >= 0.6 is 23.2 Å². The summed E-state index contributed by atoms with van der Waals surface area (Å²) < 4.78 is 27.1. The fourth-order valence-electron chi connectivity index (χ4n) is 3.03. The maximum Gasteiger partial charge on any atom is 0.244 e. The minimum absolute atomic E-state index is 0.00926. The van der Waals surface area contributed by atoms with Crippen LogP contribution in [0.5, 0.6) is 0 Å². The molecule has 0 atom stereocenters. The van der Waals surface area contributed by atoms with Crippen LogP contribution in [0, 0.1) is 0 Å².